The number of benzene rings is 1. The monoisotopic (exact) mass is 338 g/mol. The van der Waals surface area contributed by atoms with Crippen LogP contribution in [0.25, 0.3) is 0 Å². The van der Waals surface area contributed by atoms with Crippen LogP contribution < -0.4 is 9.47 Å². The minimum absolute atomic E-state index is 0.465. The van der Waals surface area contributed by atoms with Crippen LogP contribution in [-0.2, 0) is 0 Å². The van der Waals surface area contributed by atoms with Crippen LogP contribution in [0.5, 0.6) is 11.5 Å². The van der Waals surface area contributed by atoms with Gasteiger partial charge in [-0.2, -0.15) is 0 Å². The van der Waals surface area contributed by atoms with E-state index < -0.39 is 0 Å². The summed E-state index contributed by atoms with van der Waals surface area (Å²) in [5, 5.41) is 0. The van der Waals surface area contributed by atoms with Gasteiger partial charge in [0.15, 0.2) is 11.5 Å². The van der Waals surface area contributed by atoms with Gasteiger partial charge < -0.3 is 9.47 Å². The van der Waals surface area contributed by atoms with E-state index in [1.165, 1.54) is 24.8 Å². The van der Waals surface area contributed by atoms with Crippen molar-refractivity contribution >= 4 is 15.9 Å². The van der Waals surface area contributed by atoms with E-state index in [1.807, 2.05) is 13.8 Å². The third kappa shape index (κ3) is 2.57. The molecule has 2 nitrogen and oxygen atoms in total. The van der Waals surface area contributed by atoms with Gasteiger partial charge in [-0.05, 0) is 62.1 Å². The lowest BCUT2D eigenvalue weighted by atomic mass is 10.0. The second-order valence-corrected chi connectivity index (χ2v) is 6.80. The van der Waals surface area contributed by atoms with Crippen LogP contribution >= 0.6 is 15.9 Å². The minimum Gasteiger partial charge on any atom is -0.490 e. The summed E-state index contributed by atoms with van der Waals surface area (Å²) in [7, 11) is 0. The maximum absolute atomic E-state index is 5.73. The van der Waals surface area contributed by atoms with Crippen molar-refractivity contribution in [2.75, 3.05) is 13.2 Å². The number of fused-ring (bicyclic) bond motifs is 1. The smallest absolute Gasteiger partial charge is 0.161 e. The molecule has 1 aromatic carbocycles. The number of alkyl halides is 1. The number of hydrogen-bond donors (Lipinski definition) is 0. The zero-order chi connectivity index (χ0) is 14.1. The van der Waals surface area contributed by atoms with Crippen LogP contribution in [0.15, 0.2) is 18.2 Å². The van der Waals surface area contributed by atoms with Crippen molar-refractivity contribution < 1.29 is 9.47 Å². The molecule has 0 amide bonds. The van der Waals surface area contributed by atoms with Gasteiger partial charge in [0.05, 0.1) is 13.2 Å². The van der Waals surface area contributed by atoms with Crippen molar-refractivity contribution in [2.45, 2.75) is 37.9 Å². The fraction of sp³-hybridized carbons (Fsp3) is 0.647. The van der Waals surface area contributed by atoms with Crippen LogP contribution in [0, 0.1) is 17.8 Å². The Kier molecular flexibility index (Phi) is 4.25. The fourth-order valence-corrected chi connectivity index (χ4v) is 4.84. The van der Waals surface area contributed by atoms with E-state index in [0.717, 1.165) is 29.3 Å². The lowest BCUT2D eigenvalue weighted by Gasteiger charge is -2.16. The third-order valence-corrected chi connectivity index (χ3v) is 5.84. The highest BCUT2D eigenvalue weighted by Crippen LogP contribution is 2.64. The van der Waals surface area contributed by atoms with Crippen LogP contribution in [0.3, 0.4) is 0 Å². The van der Waals surface area contributed by atoms with E-state index in [0.29, 0.717) is 18.0 Å². The van der Waals surface area contributed by atoms with Gasteiger partial charge >= 0.3 is 0 Å². The lowest BCUT2D eigenvalue weighted by Crippen LogP contribution is -2.02. The first-order valence-corrected chi connectivity index (χ1v) is 8.71. The Labute approximate surface area is 130 Å². The van der Waals surface area contributed by atoms with E-state index in [4.69, 9.17) is 9.47 Å². The Morgan fingerprint density at radius 2 is 1.75 bits per heavy atom. The molecule has 3 unspecified atom stereocenters. The van der Waals surface area contributed by atoms with Gasteiger partial charge in [-0.25, -0.2) is 0 Å². The summed E-state index contributed by atoms with van der Waals surface area (Å²) < 4.78 is 11.4. The van der Waals surface area contributed by atoms with Gasteiger partial charge in [0.2, 0.25) is 0 Å². The molecule has 3 atom stereocenters. The van der Waals surface area contributed by atoms with Crippen molar-refractivity contribution in [1.82, 2.24) is 0 Å². The Balaban J connectivity index is 1.77. The quantitative estimate of drug-likeness (QED) is 0.682. The SMILES string of the molecule is CCOc1ccc(C(Br)C2C3CCCC32)cc1OCC. The molecule has 0 spiro atoms. The topological polar surface area (TPSA) is 18.5 Å². The zero-order valence-electron chi connectivity index (χ0n) is 12.3. The Bertz CT molecular complexity index is 464. The van der Waals surface area contributed by atoms with Crippen molar-refractivity contribution in [3.8, 4) is 11.5 Å². The van der Waals surface area contributed by atoms with Gasteiger partial charge in [-0.1, -0.05) is 28.4 Å². The van der Waals surface area contributed by atoms with Crippen LogP contribution in [0.4, 0.5) is 0 Å². The van der Waals surface area contributed by atoms with Gasteiger partial charge in [0.1, 0.15) is 0 Å². The summed E-state index contributed by atoms with van der Waals surface area (Å²) in [6, 6.07) is 6.39. The molecule has 2 aliphatic carbocycles. The maximum atomic E-state index is 5.73. The van der Waals surface area contributed by atoms with Crippen molar-refractivity contribution in [3.05, 3.63) is 23.8 Å². The molecule has 0 N–H and O–H groups in total. The third-order valence-electron chi connectivity index (χ3n) is 4.70. The Hall–Kier alpha value is -0.700. The average molecular weight is 339 g/mol. The second-order valence-electron chi connectivity index (χ2n) is 5.81. The molecule has 3 heteroatoms. The zero-order valence-corrected chi connectivity index (χ0v) is 13.9. The number of rotatable bonds is 6. The first-order chi connectivity index (χ1) is 9.76. The largest absolute Gasteiger partial charge is 0.490 e. The summed E-state index contributed by atoms with van der Waals surface area (Å²) in [4.78, 5) is 0.465. The van der Waals surface area contributed by atoms with Crippen LogP contribution in [0.2, 0.25) is 0 Å². The Morgan fingerprint density at radius 3 is 2.40 bits per heavy atom. The summed E-state index contributed by atoms with van der Waals surface area (Å²) in [5.41, 5.74) is 1.33. The van der Waals surface area contributed by atoms with E-state index in [2.05, 4.69) is 34.1 Å². The van der Waals surface area contributed by atoms with Crippen LogP contribution in [-0.4, -0.2) is 13.2 Å². The van der Waals surface area contributed by atoms with Gasteiger partial charge in [0, 0.05) is 4.83 Å². The van der Waals surface area contributed by atoms with Gasteiger partial charge in [-0.3, -0.25) is 0 Å². The molecule has 0 radical (unpaired) electrons. The van der Waals surface area contributed by atoms with Gasteiger partial charge in [-0.15, -0.1) is 0 Å². The van der Waals surface area contributed by atoms with E-state index >= 15 is 0 Å². The van der Waals surface area contributed by atoms with Gasteiger partial charge in [0.25, 0.3) is 0 Å². The molecule has 2 saturated carbocycles. The van der Waals surface area contributed by atoms with Crippen molar-refractivity contribution in [2.24, 2.45) is 17.8 Å². The molecule has 0 bridgehead atoms. The molecular weight excluding hydrogens is 316 g/mol. The first kappa shape index (κ1) is 14.2. The minimum atomic E-state index is 0.465. The van der Waals surface area contributed by atoms with Crippen molar-refractivity contribution in [1.29, 1.82) is 0 Å². The van der Waals surface area contributed by atoms with Crippen molar-refractivity contribution in [3.63, 3.8) is 0 Å². The van der Waals surface area contributed by atoms with E-state index in [1.54, 1.807) is 0 Å². The van der Waals surface area contributed by atoms with Crippen LogP contribution in [0.1, 0.15) is 43.5 Å². The number of halogens is 1. The fourth-order valence-electron chi connectivity index (χ4n) is 3.77. The highest BCUT2D eigenvalue weighted by atomic mass is 79.9. The molecule has 0 aliphatic heterocycles. The number of ether oxygens (including phenoxy) is 2. The highest BCUT2D eigenvalue weighted by molar-refractivity contribution is 9.09. The lowest BCUT2D eigenvalue weighted by molar-refractivity contribution is 0.287. The summed E-state index contributed by atoms with van der Waals surface area (Å²) in [6.07, 6.45) is 4.28. The molecule has 110 valence electrons. The molecule has 20 heavy (non-hydrogen) atoms. The predicted octanol–water partition coefficient (Wildman–Crippen LogP) is 4.97. The molecule has 2 fully saturated rings. The van der Waals surface area contributed by atoms with E-state index in [9.17, 15) is 0 Å². The summed E-state index contributed by atoms with van der Waals surface area (Å²) in [5.74, 6) is 4.48. The first-order valence-electron chi connectivity index (χ1n) is 7.79. The highest BCUT2D eigenvalue weighted by Gasteiger charge is 2.55. The molecule has 1 aromatic rings. The average Bonchev–Trinajstić information content (AvgIpc) is 2.93. The van der Waals surface area contributed by atoms with E-state index in [-0.39, 0.29) is 0 Å². The molecule has 3 rings (SSSR count). The molecule has 0 saturated heterocycles. The molecule has 0 aromatic heterocycles. The number of hydrogen-bond acceptors (Lipinski definition) is 2. The second kappa shape index (κ2) is 5.97. The molecule has 2 aliphatic rings. The maximum Gasteiger partial charge on any atom is 0.161 e. The summed E-state index contributed by atoms with van der Waals surface area (Å²) in [6.45, 7) is 5.36. The summed E-state index contributed by atoms with van der Waals surface area (Å²) >= 11 is 3.92. The normalized spacial score (nSPS) is 28.9. The standard InChI is InChI=1S/C17H23BrO2/c1-3-19-14-9-8-11(10-15(14)20-4-2)17(18)16-12-6-5-7-13(12)16/h8-10,12-13,16-17H,3-7H2,1-2H3. The molecular formula is C17H23BrO2. The molecule has 0 heterocycles. The predicted molar refractivity (Wildman–Crippen MR) is 84.8 cm³/mol. The Morgan fingerprint density at radius 1 is 1.10 bits per heavy atom.